The Bertz CT molecular complexity index is 569. The predicted octanol–water partition coefficient (Wildman–Crippen LogP) is 3.82. The largest absolute Gasteiger partial charge is 0.480 e. The van der Waals surface area contributed by atoms with E-state index in [1.165, 1.54) is 0 Å². The van der Waals surface area contributed by atoms with Gasteiger partial charge in [-0.25, -0.2) is 4.79 Å². The molecule has 0 radical (unpaired) electrons. The van der Waals surface area contributed by atoms with Crippen molar-refractivity contribution in [2.24, 2.45) is 0 Å². The van der Waals surface area contributed by atoms with Gasteiger partial charge in [0.15, 0.2) is 0 Å². The van der Waals surface area contributed by atoms with E-state index in [2.05, 4.69) is 38.5 Å². The molecule has 2 rings (SSSR count). The van der Waals surface area contributed by atoms with Crippen LogP contribution in [-0.4, -0.2) is 39.1 Å². The van der Waals surface area contributed by atoms with Crippen LogP contribution in [0.5, 0.6) is 0 Å². The molecule has 1 N–H and O–H groups in total. The maximum Gasteiger partial charge on any atom is 0.327 e. The molecule has 1 saturated heterocycles. The van der Waals surface area contributed by atoms with Gasteiger partial charge in [0.25, 0.3) is 5.91 Å². The highest BCUT2D eigenvalue weighted by atomic mass is 127. The van der Waals surface area contributed by atoms with E-state index >= 15 is 0 Å². The molecular weight excluding hydrogens is 469 g/mol. The summed E-state index contributed by atoms with van der Waals surface area (Å²) in [4.78, 5) is 25.8. The van der Waals surface area contributed by atoms with E-state index in [0.29, 0.717) is 11.3 Å². The quantitative estimate of drug-likeness (QED) is 0.661. The molecule has 0 spiro atoms. The van der Waals surface area contributed by atoms with Crippen molar-refractivity contribution in [3.8, 4) is 0 Å². The summed E-state index contributed by atoms with van der Waals surface area (Å²) in [7, 11) is 0. The molecule has 114 valence electrons. The second kappa shape index (κ2) is 7.32. The third kappa shape index (κ3) is 3.73. The zero-order valence-electron chi connectivity index (χ0n) is 11.4. The molecule has 1 aromatic rings. The minimum Gasteiger partial charge on any atom is -0.480 e. The summed E-state index contributed by atoms with van der Waals surface area (Å²) in [5.74, 6) is -0.674. The highest BCUT2D eigenvalue weighted by molar-refractivity contribution is 14.1. The van der Waals surface area contributed by atoms with Crippen LogP contribution in [0.25, 0.3) is 0 Å². The van der Waals surface area contributed by atoms with Crippen molar-refractivity contribution in [1.82, 2.24) is 4.90 Å². The molecule has 1 aromatic carbocycles. The van der Waals surface area contributed by atoms with E-state index < -0.39 is 12.0 Å². The summed E-state index contributed by atoms with van der Waals surface area (Å²) in [5.41, 5.74) is 0.555. The van der Waals surface area contributed by atoms with Crippen molar-refractivity contribution in [3.63, 3.8) is 0 Å². The molecule has 2 atom stereocenters. The van der Waals surface area contributed by atoms with Crippen molar-refractivity contribution < 1.29 is 14.7 Å². The lowest BCUT2D eigenvalue weighted by Gasteiger charge is -2.27. The van der Waals surface area contributed by atoms with Crippen LogP contribution in [0, 0.1) is 3.57 Å². The standard InChI is InChI=1S/C14H15BrINO3S/c1-2-3-12-17(11(7-21-12)14(19)20)13(18)9-6-8(15)4-5-10(9)16/h4-6,11-12H,2-3,7H2,1H3,(H,19,20). The molecular formula is C14H15BrINO3S. The van der Waals surface area contributed by atoms with Gasteiger partial charge >= 0.3 is 5.97 Å². The van der Waals surface area contributed by atoms with Gasteiger partial charge < -0.3 is 10.0 Å². The van der Waals surface area contributed by atoms with Crippen LogP contribution in [0.1, 0.15) is 30.1 Å². The zero-order valence-corrected chi connectivity index (χ0v) is 15.9. The fourth-order valence-corrected chi connectivity index (χ4v) is 4.74. The second-order valence-electron chi connectivity index (χ2n) is 4.77. The van der Waals surface area contributed by atoms with E-state index in [9.17, 15) is 14.7 Å². The minimum atomic E-state index is -0.931. The highest BCUT2D eigenvalue weighted by Crippen LogP contribution is 2.34. The SMILES string of the molecule is CCCC1SCC(C(=O)O)N1C(=O)c1cc(Br)ccc1I. The number of carboxylic acid groups (broad SMARTS) is 1. The van der Waals surface area contributed by atoms with E-state index in [4.69, 9.17) is 0 Å². The number of hydrogen-bond donors (Lipinski definition) is 1. The average molecular weight is 484 g/mol. The Morgan fingerprint density at radius 2 is 2.24 bits per heavy atom. The van der Waals surface area contributed by atoms with Gasteiger partial charge in [0.2, 0.25) is 0 Å². The topological polar surface area (TPSA) is 57.6 Å². The first kappa shape index (κ1) is 17.1. The van der Waals surface area contributed by atoms with Gasteiger partial charge in [-0.3, -0.25) is 4.79 Å². The maximum absolute atomic E-state index is 12.8. The first-order chi connectivity index (χ1) is 9.95. The van der Waals surface area contributed by atoms with Crippen molar-refractivity contribution in [1.29, 1.82) is 0 Å². The van der Waals surface area contributed by atoms with Crippen LogP contribution in [0.2, 0.25) is 0 Å². The monoisotopic (exact) mass is 483 g/mol. The Hall–Kier alpha value is -0.280. The van der Waals surface area contributed by atoms with Crippen molar-refractivity contribution in [2.75, 3.05) is 5.75 Å². The molecule has 1 aliphatic rings. The molecule has 1 heterocycles. The molecule has 2 unspecified atom stereocenters. The number of halogens is 2. The summed E-state index contributed by atoms with van der Waals surface area (Å²) in [6.45, 7) is 2.04. The highest BCUT2D eigenvalue weighted by Gasteiger charge is 2.41. The summed E-state index contributed by atoms with van der Waals surface area (Å²) in [6, 6.07) is 4.74. The molecule has 21 heavy (non-hydrogen) atoms. The molecule has 0 bridgehead atoms. The predicted molar refractivity (Wildman–Crippen MR) is 95.6 cm³/mol. The number of hydrogen-bond acceptors (Lipinski definition) is 3. The number of aliphatic carboxylic acids is 1. The van der Waals surface area contributed by atoms with E-state index in [-0.39, 0.29) is 11.3 Å². The first-order valence-corrected chi connectivity index (χ1v) is 9.50. The number of nitrogens with zero attached hydrogens (tertiary/aromatic N) is 1. The number of carbonyl (C=O) groups is 2. The third-order valence-corrected chi connectivity index (χ3v) is 6.10. The number of benzene rings is 1. The lowest BCUT2D eigenvalue weighted by atomic mass is 10.1. The van der Waals surface area contributed by atoms with Gasteiger partial charge in [-0.05, 0) is 47.2 Å². The van der Waals surface area contributed by atoms with Gasteiger partial charge in [0.1, 0.15) is 6.04 Å². The number of carboxylic acids is 1. The fraction of sp³-hybridized carbons (Fsp3) is 0.429. The Morgan fingerprint density at radius 1 is 1.52 bits per heavy atom. The van der Waals surface area contributed by atoms with Crippen LogP contribution in [0.3, 0.4) is 0 Å². The third-order valence-electron chi connectivity index (χ3n) is 3.31. The van der Waals surface area contributed by atoms with E-state index in [1.54, 1.807) is 22.7 Å². The van der Waals surface area contributed by atoms with Crippen LogP contribution >= 0.6 is 50.3 Å². The Balaban J connectivity index is 2.36. The summed E-state index contributed by atoms with van der Waals surface area (Å²) in [5, 5.41) is 9.31. The summed E-state index contributed by atoms with van der Waals surface area (Å²) in [6.07, 6.45) is 1.73. The van der Waals surface area contributed by atoms with E-state index in [0.717, 1.165) is 20.9 Å². The Labute approximate surface area is 149 Å². The Morgan fingerprint density at radius 3 is 2.86 bits per heavy atom. The maximum atomic E-state index is 12.8. The van der Waals surface area contributed by atoms with Crippen LogP contribution < -0.4 is 0 Å². The number of carbonyl (C=O) groups excluding carboxylic acids is 1. The normalized spacial score (nSPS) is 21.6. The average Bonchev–Trinajstić information content (AvgIpc) is 2.85. The second-order valence-corrected chi connectivity index (χ2v) is 8.06. The molecule has 1 amide bonds. The van der Waals surface area contributed by atoms with Crippen molar-refractivity contribution >= 4 is 62.2 Å². The molecule has 1 fully saturated rings. The lowest BCUT2D eigenvalue weighted by Crippen LogP contribution is -2.45. The summed E-state index contributed by atoms with van der Waals surface area (Å²) < 4.78 is 1.65. The van der Waals surface area contributed by atoms with Crippen LogP contribution in [-0.2, 0) is 4.79 Å². The van der Waals surface area contributed by atoms with Crippen molar-refractivity contribution in [2.45, 2.75) is 31.2 Å². The Kier molecular flexibility index (Phi) is 5.96. The molecule has 0 aliphatic carbocycles. The molecule has 4 nitrogen and oxygen atoms in total. The van der Waals surface area contributed by atoms with Crippen LogP contribution in [0.15, 0.2) is 22.7 Å². The van der Waals surface area contributed by atoms with Crippen LogP contribution in [0.4, 0.5) is 0 Å². The van der Waals surface area contributed by atoms with Gasteiger partial charge in [-0.15, -0.1) is 11.8 Å². The van der Waals surface area contributed by atoms with Gasteiger partial charge in [-0.1, -0.05) is 29.3 Å². The minimum absolute atomic E-state index is 0.0571. The number of thioether (sulfide) groups is 1. The zero-order chi connectivity index (χ0) is 15.6. The number of amides is 1. The van der Waals surface area contributed by atoms with Crippen molar-refractivity contribution in [3.05, 3.63) is 31.8 Å². The molecule has 1 aliphatic heterocycles. The smallest absolute Gasteiger partial charge is 0.327 e. The van der Waals surface area contributed by atoms with Gasteiger partial charge in [-0.2, -0.15) is 0 Å². The molecule has 0 saturated carbocycles. The first-order valence-electron chi connectivity index (χ1n) is 6.57. The number of rotatable bonds is 4. The van der Waals surface area contributed by atoms with Gasteiger partial charge in [0.05, 0.1) is 10.9 Å². The summed E-state index contributed by atoms with van der Waals surface area (Å²) >= 11 is 7.03. The lowest BCUT2D eigenvalue weighted by molar-refractivity contribution is -0.141. The fourth-order valence-electron chi connectivity index (χ4n) is 2.30. The molecule has 7 heteroatoms. The van der Waals surface area contributed by atoms with Gasteiger partial charge in [0, 0.05) is 13.8 Å². The molecule has 0 aromatic heterocycles. The van der Waals surface area contributed by atoms with E-state index in [1.807, 2.05) is 19.1 Å².